The second kappa shape index (κ2) is 17.3. The van der Waals surface area contributed by atoms with Gasteiger partial charge in [-0.1, -0.05) is 46.1 Å². The number of esters is 1. The van der Waals surface area contributed by atoms with Crippen molar-refractivity contribution >= 4 is 34.8 Å². The highest BCUT2D eigenvalue weighted by Gasteiger charge is 2.27. The Morgan fingerprint density at radius 2 is 1.84 bits per heavy atom. The molecule has 10 nitrogen and oxygen atoms in total. The number of thiophene rings is 1. The Balaban J connectivity index is 1.61. The van der Waals surface area contributed by atoms with Crippen LogP contribution in [0.25, 0.3) is 21.6 Å². The molecule has 0 spiro atoms. The molecule has 2 aromatic carbocycles. The number of carbonyl (C=O) groups is 3. The van der Waals surface area contributed by atoms with E-state index in [1.54, 1.807) is 41.7 Å². The highest BCUT2D eigenvalue weighted by Crippen LogP contribution is 2.43. The van der Waals surface area contributed by atoms with Crippen LogP contribution in [0.5, 0.6) is 11.5 Å². The number of unbranched alkanes of at least 4 members (excludes halogenated alkanes) is 1. The van der Waals surface area contributed by atoms with E-state index in [-0.39, 0.29) is 17.0 Å². The summed E-state index contributed by atoms with van der Waals surface area (Å²) in [6.45, 7) is 8.03. The predicted molar refractivity (Wildman–Crippen MR) is 197 cm³/mol. The first-order valence-corrected chi connectivity index (χ1v) is 18.2. The van der Waals surface area contributed by atoms with Crippen LogP contribution in [0.3, 0.4) is 0 Å². The molecule has 11 heteroatoms. The lowest BCUT2D eigenvalue weighted by molar-refractivity contribution is 0.0594. The fourth-order valence-corrected chi connectivity index (χ4v) is 6.90. The summed E-state index contributed by atoms with van der Waals surface area (Å²) < 4.78 is 17.7. The Morgan fingerprint density at radius 3 is 2.58 bits per heavy atom. The smallest absolute Gasteiger partial charge is 0.357 e. The molecule has 2 aromatic heterocycles. The molecule has 1 atom stereocenters. The zero-order valence-corrected chi connectivity index (χ0v) is 30.0. The number of benzene rings is 2. The van der Waals surface area contributed by atoms with Gasteiger partial charge in [0.1, 0.15) is 17.2 Å². The van der Waals surface area contributed by atoms with Crippen molar-refractivity contribution in [2.45, 2.75) is 65.8 Å². The second-order valence-corrected chi connectivity index (χ2v) is 13.2. The molecule has 2 amide bonds. The van der Waals surface area contributed by atoms with Gasteiger partial charge < -0.3 is 30.6 Å². The molecule has 0 saturated heterocycles. The average Bonchev–Trinajstić information content (AvgIpc) is 3.54. The van der Waals surface area contributed by atoms with Crippen LogP contribution >= 0.6 is 11.3 Å². The minimum atomic E-state index is -0.741. The molecule has 264 valence electrons. The van der Waals surface area contributed by atoms with Crippen LogP contribution in [0.15, 0.2) is 53.9 Å². The van der Waals surface area contributed by atoms with Gasteiger partial charge in [-0.3, -0.25) is 9.59 Å². The molecule has 1 aliphatic heterocycles. The molecule has 3 heterocycles. The van der Waals surface area contributed by atoms with Gasteiger partial charge in [-0.2, -0.15) is 0 Å². The van der Waals surface area contributed by atoms with E-state index in [4.69, 9.17) is 19.9 Å². The third-order valence-corrected chi connectivity index (χ3v) is 9.85. The predicted octanol–water partition coefficient (Wildman–Crippen LogP) is 7.64. The quantitative estimate of drug-likeness (QED) is 0.108. The maximum absolute atomic E-state index is 14.5. The van der Waals surface area contributed by atoms with Crippen LogP contribution in [0.2, 0.25) is 0 Å². The Kier molecular flexibility index (Phi) is 12.6. The first-order valence-electron chi connectivity index (χ1n) is 17.3. The molecular formula is C39H46N4O6S. The van der Waals surface area contributed by atoms with Crippen molar-refractivity contribution in [1.29, 1.82) is 0 Å². The summed E-state index contributed by atoms with van der Waals surface area (Å²) in [7, 11) is 1.25. The van der Waals surface area contributed by atoms with Gasteiger partial charge in [0.05, 0.1) is 26.0 Å². The molecule has 4 aromatic rings. The number of carbonyl (C=O) groups excluding carboxylic acids is 3. The standard InChI is InChI=1S/C39H46N4O6S/c1-5-8-9-24(7-3)23-49-34-19-25(22-40)10-12-31(34)43-37(44)29-20-30-33(48-17-14-26-15-18-50-36(26)30)21-28(29)27-11-13-32(38(45)41-16-6-2)42-35(27)39(46)47-4/h10-13,15,18-21,24H,5-9,14,16-17,22-23,40H2,1-4H3,(H,41,45)(H,43,44). The van der Waals surface area contributed by atoms with Gasteiger partial charge in [0.15, 0.2) is 5.69 Å². The summed E-state index contributed by atoms with van der Waals surface area (Å²) in [5.74, 6) is -0.0790. The number of fused-ring (bicyclic) bond motifs is 3. The lowest BCUT2D eigenvalue weighted by Crippen LogP contribution is -2.26. The number of methoxy groups -OCH3 is 1. The Morgan fingerprint density at radius 1 is 1.00 bits per heavy atom. The highest BCUT2D eigenvalue weighted by molar-refractivity contribution is 7.13. The number of hydrogen-bond acceptors (Lipinski definition) is 9. The van der Waals surface area contributed by atoms with E-state index in [0.717, 1.165) is 53.7 Å². The number of pyridine rings is 1. The number of rotatable bonds is 15. The van der Waals surface area contributed by atoms with E-state index in [9.17, 15) is 14.4 Å². The van der Waals surface area contributed by atoms with Gasteiger partial charge >= 0.3 is 5.97 Å². The van der Waals surface area contributed by atoms with Gasteiger partial charge in [-0.05, 0) is 77.7 Å². The number of aromatic nitrogens is 1. The Bertz CT molecular complexity index is 1840. The van der Waals surface area contributed by atoms with Crippen molar-refractivity contribution in [2.24, 2.45) is 11.7 Å². The van der Waals surface area contributed by atoms with Gasteiger partial charge in [0, 0.05) is 46.6 Å². The van der Waals surface area contributed by atoms with E-state index in [0.29, 0.717) is 67.0 Å². The first-order chi connectivity index (χ1) is 24.3. The van der Waals surface area contributed by atoms with E-state index in [2.05, 4.69) is 35.5 Å². The fraction of sp³-hybridized carbons (Fsp3) is 0.385. The second-order valence-electron chi connectivity index (χ2n) is 12.3. The van der Waals surface area contributed by atoms with Crippen LogP contribution in [-0.2, 0) is 17.7 Å². The maximum atomic E-state index is 14.5. The van der Waals surface area contributed by atoms with Gasteiger partial charge in [-0.25, -0.2) is 9.78 Å². The number of nitrogens with zero attached hydrogens (tertiary/aromatic N) is 1. The first kappa shape index (κ1) is 36.5. The van der Waals surface area contributed by atoms with E-state index < -0.39 is 17.8 Å². The van der Waals surface area contributed by atoms with Crippen molar-refractivity contribution in [3.8, 4) is 33.1 Å². The Hall–Kier alpha value is -4.74. The molecule has 0 aliphatic carbocycles. The summed E-state index contributed by atoms with van der Waals surface area (Å²) in [5, 5.41) is 7.91. The molecule has 0 fully saturated rings. The third-order valence-electron chi connectivity index (χ3n) is 8.86. The van der Waals surface area contributed by atoms with Crippen molar-refractivity contribution in [2.75, 3.05) is 32.2 Å². The largest absolute Gasteiger partial charge is 0.493 e. The van der Waals surface area contributed by atoms with Crippen LogP contribution in [-0.4, -0.2) is 49.6 Å². The molecule has 50 heavy (non-hydrogen) atoms. The Labute approximate surface area is 297 Å². The van der Waals surface area contributed by atoms with Gasteiger partial charge in [0.2, 0.25) is 0 Å². The fourth-order valence-electron chi connectivity index (χ4n) is 5.92. The molecule has 1 aliphatic rings. The van der Waals surface area contributed by atoms with Gasteiger partial charge in [0.25, 0.3) is 11.8 Å². The minimum absolute atomic E-state index is 0.0638. The maximum Gasteiger partial charge on any atom is 0.357 e. The molecular weight excluding hydrogens is 653 g/mol. The van der Waals surface area contributed by atoms with Crippen LogP contribution in [0.1, 0.15) is 95.3 Å². The van der Waals surface area contributed by atoms with Crippen molar-refractivity contribution in [3.63, 3.8) is 0 Å². The lowest BCUT2D eigenvalue weighted by atomic mass is 9.93. The molecule has 1 unspecified atom stereocenters. The summed E-state index contributed by atoms with van der Waals surface area (Å²) >= 11 is 1.58. The van der Waals surface area contributed by atoms with E-state index in [1.807, 2.05) is 24.4 Å². The van der Waals surface area contributed by atoms with E-state index in [1.165, 1.54) is 7.11 Å². The van der Waals surface area contributed by atoms with E-state index >= 15 is 0 Å². The third kappa shape index (κ3) is 8.34. The topological polar surface area (TPSA) is 142 Å². The number of ether oxygens (including phenoxy) is 3. The molecule has 0 bridgehead atoms. The highest BCUT2D eigenvalue weighted by atomic mass is 32.1. The molecule has 0 radical (unpaired) electrons. The van der Waals surface area contributed by atoms with Crippen LogP contribution < -0.4 is 25.8 Å². The summed E-state index contributed by atoms with van der Waals surface area (Å²) in [6.07, 6.45) is 5.74. The lowest BCUT2D eigenvalue weighted by Gasteiger charge is -2.20. The van der Waals surface area contributed by atoms with Crippen molar-refractivity contribution < 1.29 is 28.6 Å². The SMILES string of the molecule is CCCCC(CC)COc1cc(CN)ccc1NC(=O)c1cc2c(cc1-c1ccc(C(=O)NCCC)nc1C(=O)OC)OCCc1ccsc1-2. The zero-order chi connectivity index (χ0) is 35.6. The molecule has 4 N–H and O–H groups in total. The zero-order valence-electron chi connectivity index (χ0n) is 29.2. The van der Waals surface area contributed by atoms with Crippen molar-refractivity contribution in [3.05, 3.63) is 82.0 Å². The monoisotopic (exact) mass is 698 g/mol. The minimum Gasteiger partial charge on any atom is -0.493 e. The normalized spacial score (nSPS) is 12.5. The van der Waals surface area contributed by atoms with Crippen LogP contribution in [0, 0.1) is 5.92 Å². The number of anilines is 1. The average molecular weight is 699 g/mol. The summed E-state index contributed by atoms with van der Waals surface area (Å²) in [6, 6.07) is 14.3. The molecule has 5 rings (SSSR count). The van der Waals surface area contributed by atoms with Gasteiger partial charge in [-0.15, -0.1) is 11.3 Å². The summed E-state index contributed by atoms with van der Waals surface area (Å²) in [4.78, 5) is 46.0. The van der Waals surface area contributed by atoms with Crippen LogP contribution in [0.4, 0.5) is 5.69 Å². The number of nitrogens with one attached hydrogen (secondary N) is 2. The number of amides is 2. The molecule has 0 saturated carbocycles. The number of hydrogen-bond donors (Lipinski definition) is 3. The van der Waals surface area contributed by atoms with Crippen molar-refractivity contribution in [1.82, 2.24) is 10.3 Å². The number of nitrogens with two attached hydrogens (primary N) is 1. The summed E-state index contributed by atoms with van der Waals surface area (Å²) in [5.41, 5.74) is 10.3.